The highest BCUT2D eigenvalue weighted by Gasteiger charge is 2.31. The summed E-state index contributed by atoms with van der Waals surface area (Å²) in [5.41, 5.74) is 8.14. The average molecular weight is 458 g/mol. The number of rotatable bonds is 6. The van der Waals surface area contributed by atoms with Crippen molar-refractivity contribution in [3.8, 4) is 11.5 Å². The number of nitrogens with zero attached hydrogens (tertiary/aromatic N) is 2. The van der Waals surface area contributed by atoms with E-state index >= 15 is 0 Å². The molecule has 2 unspecified atom stereocenters. The largest absolute Gasteiger partial charge is 0.454 e. The molecule has 32 heavy (non-hydrogen) atoms. The molecule has 2 aromatic rings. The summed E-state index contributed by atoms with van der Waals surface area (Å²) in [5, 5.41) is 6.86. The average Bonchev–Trinajstić information content (AvgIpc) is 3.60. The summed E-state index contributed by atoms with van der Waals surface area (Å²) in [7, 11) is 0. The number of piperazine rings is 1. The van der Waals surface area contributed by atoms with Crippen LogP contribution in [0.4, 0.5) is 0 Å². The van der Waals surface area contributed by atoms with E-state index < -0.39 is 0 Å². The first-order valence-electron chi connectivity index (χ1n) is 10.9. The molecular formula is C22H27N5O4S. The molecule has 2 atom stereocenters. The second kappa shape index (κ2) is 9.45. The van der Waals surface area contributed by atoms with Crippen LogP contribution in [-0.2, 0) is 4.79 Å². The Bertz CT molecular complexity index is 961. The highest BCUT2D eigenvalue weighted by molar-refractivity contribution is 7.08. The maximum Gasteiger partial charge on any atom is 0.254 e. The maximum absolute atomic E-state index is 12.6. The van der Waals surface area contributed by atoms with Crippen molar-refractivity contribution < 1.29 is 19.1 Å². The Morgan fingerprint density at radius 3 is 2.75 bits per heavy atom. The molecule has 2 amide bonds. The molecule has 3 aliphatic rings. The fourth-order valence-electron chi connectivity index (χ4n) is 4.28. The molecule has 1 aromatic heterocycles. The third-order valence-electron chi connectivity index (χ3n) is 6.17. The van der Waals surface area contributed by atoms with Crippen molar-refractivity contribution in [1.29, 1.82) is 0 Å². The molecule has 3 aliphatic heterocycles. The van der Waals surface area contributed by atoms with Gasteiger partial charge in [0.25, 0.3) is 5.91 Å². The minimum Gasteiger partial charge on any atom is -0.454 e. The molecule has 4 heterocycles. The number of hydrazine groups is 1. The fourth-order valence-corrected chi connectivity index (χ4v) is 4.91. The van der Waals surface area contributed by atoms with Crippen molar-refractivity contribution in [3.05, 3.63) is 46.2 Å². The minimum atomic E-state index is -0.287. The monoisotopic (exact) mass is 457 g/mol. The van der Waals surface area contributed by atoms with Gasteiger partial charge in [-0.15, -0.1) is 0 Å². The molecule has 0 spiro atoms. The van der Waals surface area contributed by atoms with Crippen LogP contribution >= 0.6 is 11.3 Å². The lowest BCUT2D eigenvalue weighted by molar-refractivity contribution is -0.122. The number of carbonyl (C=O) groups excluding carboxylic acids is 2. The van der Waals surface area contributed by atoms with Crippen LogP contribution in [0.15, 0.2) is 35.0 Å². The van der Waals surface area contributed by atoms with E-state index in [0.717, 1.165) is 42.3 Å². The van der Waals surface area contributed by atoms with Crippen LogP contribution in [0.25, 0.3) is 0 Å². The van der Waals surface area contributed by atoms with E-state index in [2.05, 4.69) is 21.1 Å². The standard InChI is InChI=1S/C22H27N5O4S/c28-21(18-12-17(24-25-18)15-1-2-19-20(11-15)31-14-30-19)23-4-5-26-6-8-27(9-7-26)22(29)16-3-10-32-13-16/h1-3,10-11,13,17-18,24-25H,4-9,12,14H2,(H,23,28). The summed E-state index contributed by atoms with van der Waals surface area (Å²) in [6.07, 6.45) is 0.662. The van der Waals surface area contributed by atoms with E-state index in [9.17, 15) is 9.59 Å². The topological polar surface area (TPSA) is 95.2 Å². The quantitative estimate of drug-likeness (QED) is 0.595. The first kappa shape index (κ1) is 21.2. The van der Waals surface area contributed by atoms with Crippen LogP contribution in [0.1, 0.15) is 28.4 Å². The Morgan fingerprint density at radius 2 is 1.94 bits per heavy atom. The number of nitrogens with one attached hydrogen (secondary N) is 3. The van der Waals surface area contributed by atoms with Gasteiger partial charge in [0.2, 0.25) is 12.7 Å². The molecule has 2 fully saturated rings. The van der Waals surface area contributed by atoms with Gasteiger partial charge in [0.1, 0.15) is 6.04 Å². The van der Waals surface area contributed by atoms with Gasteiger partial charge in [0.05, 0.1) is 5.56 Å². The maximum atomic E-state index is 12.6. The van der Waals surface area contributed by atoms with E-state index in [1.807, 2.05) is 39.9 Å². The van der Waals surface area contributed by atoms with Crippen LogP contribution in [0, 0.1) is 0 Å². The highest BCUT2D eigenvalue weighted by atomic mass is 32.1. The smallest absolute Gasteiger partial charge is 0.254 e. The van der Waals surface area contributed by atoms with E-state index in [0.29, 0.717) is 26.1 Å². The van der Waals surface area contributed by atoms with Gasteiger partial charge < -0.3 is 19.7 Å². The van der Waals surface area contributed by atoms with Crippen molar-refractivity contribution in [1.82, 2.24) is 26.0 Å². The van der Waals surface area contributed by atoms with E-state index in [-0.39, 0.29) is 30.7 Å². The van der Waals surface area contributed by atoms with E-state index in [1.54, 1.807) is 11.3 Å². The summed E-state index contributed by atoms with van der Waals surface area (Å²) in [4.78, 5) is 29.2. The van der Waals surface area contributed by atoms with Gasteiger partial charge in [-0.05, 0) is 35.6 Å². The van der Waals surface area contributed by atoms with Gasteiger partial charge in [0, 0.05) is 50.7 Å². The molecule has 0 saturated carbocycles. The van der Waals surface area contributed by atoms with E-state index in [4.69, 9.17) is 9.47 Å². The van der Waals surface area contributed by atoms with Crippen LogP contribution in [-0.4, -0.2) is 73.7 Å². The number of hydrogen-bond donors (Lipinski definition) is 3. The molecule has 0 aliphatic carbocycles. The van der Waals surface area contributed by atoms with Crippen LogP contribution in [0.2, 0.25) is 0 Å². The molecule has 0 bridgehead atoms. The predicted molar refractivity (Wildman–Crippen MR) is 120 cm³/mol. The van der Waals surface area contributed by atoms with Crippen LogP contribution in [0.3, 0.4) is 0 Å². The molecule has 3 N–H and O–H groups in total. The minimum absolute atomic E-state index is 0.00739. The zero-order chi connectivity index (χ0) is 21.9. The zero-order valence-electron chi connectivity index (χ0n) is 17.7. The lowest BCUT2D eigenvalue weighted by Crippen LogP contribution is -2.51. The molecule has 10 heteroatoms. The number of fused-ring (bicyclic) bond motifs is 1. The lowest BCUT2D eigenvalue weighted by atomic mass is 10.0. The SMILES string of the molecule is O=C(NCCN1CCN(C(=O)c2ccsc2)CC1)C1CC(c2ccc3c(c2)OCO3)NN1. The Hall–Kier alpha value is -2.66. The molecule has 1 aromatic carbocycles. The third kappa shape index (κ3) is 4.58. The summed E-state index contributed by atoms with van der Waals surface area (Å²) < 4.78 is 10.8. The first-order valence-corrected chi connectivity index (χ1v) is 11.8. The van der Waals surface area contributed by atoms with Crippen molar-refractivity contribution in [2.24, 2.45) is 0 Å². The van der Waals surface area contributed by atoms with Gasteiger partial charge in [0.15, 0.2) is 11.5 Å². The number of hydrogen-bond acceptors (Lipinski definition) is 8. The van der Waals surface area contributed by atoms with E-state index in [1.165, 1.54) is 0 Å². The zero-order valence-corrected chi connectivity index (χ0v) is 18.5. The van der Waals surface area contributed by atoms with Crippen molar-refractivity contribution >= 4 is 23.2 Å². The Kier molecular flexibility index (Phi) is 6.26. The Labute approximate surface area is 190 Å². The second-order valence-electron chi connectivity index (χ2n) is 8.18. The van der Waals surface area contributed by atoms with Gasteiger partial charge in [-0.1, -0.05) is 6.07 Å². The highest BCUT2D eigenvalue weighted by Crippen LogP contribution is 2.35. The van der Waals surface area contributed by atoms with Crippen LogP contribution in [0.5, 0.6) is 11.5 Å². The summed E-state index contributed by atoms with van der Waals surface area (Å²) in [5.74, 6) is 1.60. The van der Waals surface area contributed by atoms with Gasteiger partial charge >= 0.3 is 0 Å². The summed E-state index contributed by atoms with van der Waals surface area (Å²) in [6.45, 7) is 4.69. The van der Waals surface area contributed by atoms with Gasteiger partial charge in [-0.25, -0.2) is 10.9 Å². The summed E-state index contributed by atoms with van der Waals surface area (Å²) >= 11 is 1.54. The van der Waals surface area contributed by atoms with Crippen molar-refractivity contribution in [2.45, 2.75) is 18.5 Å². The number of ether oxygens (including phenoxy) is 2. The molecule has 0 radical (unpaired) electrons. The second-order valence-corrected chi connectivity index (χ2v) is 8.96. The van der Waals surface area contributed by atoms with Gasteiger partial charge in [-0.2, -0.15) is 11.3 Å². The molecule has 2 saturated heterocycles. The van der Waals surface area contributed by atoms with Gasteiger partial charge in [-0.3, -0.25) is 14.5 Å². The first-order chi connectivity index (χ1) is 15.7. The number of benzene rings is 1. The number of thiophene rings is 1. The predicted octanol–water partition coefficient (Wildman–Crippen LogP) is 0.959. The fraction of sp³-hybridized carbons (Fsp3) is 0.455. The van der Waals surface area contributed by atoms with Crippen molar-refractivity contribution in [3.63, 3.8) is 0 Å². The van der Waals surface area contributed by atoms with Crippen molar-refractivity contribution in [2.75, 3.05) is 46.1 Å². The normalized spacial score (nSPS) is 22.8. The molecular weight excluding hydrogens is 430 g/mol. The number of carbonyl (C=O) groups is 2. The number of amides is 2. The lowest BCUT2D eigenvalue weighted by Gasteiger charge is -2.34. The molecule has 9 nitrogen and oxygen atoms in total. The molecule has 170 valence electrons. The Morgan fingerprint density at radius 1 is 1.09 bits per heavy atom. The van der Waals surface area contributed by atoms with Crippen LogP contribution < -0.4 is 25.6 Å². The third-order valence-corrected chi connectivity index (χ3v) is 6.86. The Balaban J connectivity index is 1.03. The summed E-state index contributed by atoms with van der Waals surface area (Å²) in [6, 6.07) is 7.48. The molecule has 5 rings (SSSR count).